The molecule has 0 aliphatic carbocycles. The maximum Gasteiger partial charge on any atom is 0.238 e. The maximum atomic E-state index is 12.4. The Labute approximate surface area is 208 Å². The van der Waals surface area contributed by atoms with Gasteiger partial charge in [-0.1, -0.05) is 6.04 Å². The number of aryl methyl sites for hydroxylation is 2. The summed E-state index contributed by atoms with van der Waals surface area (Å²) in [7, 11) is -5.06. The van der Waals surface area contributed by atoms with E-state index < -0.39 is 136 Å². The second-order valence-electron chi connectivity index (χ2n) is 5.77. The Kier molecular flexibility index (Phi) is 1.87. The summed E-state index contributed by atoms with van der Waals surface area (Å²) in [5.74, 6) is -2.07. The number of hydrogen-bond donors (Lipinski definition) is 2. The molecule has 0 aliphatic heterocycles. The quantitative estimate of drug-likeness (QED) is 0.472. The van der Waals surface area contributed by atoms with Gasteiger partial charge in [-0.05, 0) is 55.5 Å². The molecule has 2 heterocycles. The molecule has 2 aromatic heterocycles. The Balaban J connectivity index is 2.08. The molecule has 10 heteroatoms. The summed E-state index contributed by atoms with van der Waals surface area (Å²) in [6.07, 6.45) is -1.09. The van der Waals surface area contributed by atoms with Crippen LogP contribution in [0.1, 0.15) is 38.7 Å². The van der Waals surface area contributed by atoms with Crippen molar-refractivity contribution >= 4 is 44.1 Å². The number of nitrogens with two attached hydrogens (primary N) is 1. The molecular weight excluding hydrogens is 414 g/mol. The van der Waals surface area contributed by atoms with E-state index in [-0.39, 0.29) is 9.58 Å². The molecule has 0 unspecified atom stereocenters. The number of sulfonamides is 1. The van der Waals surface area contributed by atoms with Crippen LogP contribution >= 0.6 is 0 Å². The summed E-state index contributed by atoms with van der Waals surface area (Å²) in [4.78, 5) is 6.09. The molecule has 0 atom stereocenters. The smallest absolute Gasteiger partial charge is 0.238 e. The first-order chi connectivity index (χ1) is 22.8. The van der Waals surface area contributed by atoms with Gasteiger partial charge >= 0.3 is 0 Å². The minimum atomic E-state index is -5.06. The molecular formula is C21H23N7O2S. The zero-order valence-electron chi connectivity index (χ0n) is 35.0. The highest BCUT2D eigenvalue weighted by atomic mass is 32.2. The Bertz CT molecular complexity index is 2210. The fraction of sp³-hybridized carbons (Fsp3) is 0.190. The van der Waals surface area contributed by atoms with E-state index in [1.165, 1.54) is 0 Å². The van der Waals surface area contributed by atoms with Gasteiger partial charge in [0.25, 0.3) is 0 Å². The number of aromatic nitrogens is 4. The van der Waals surface area contributed by atoms with Gasteiger partial charge in [-0.25, -0.2) is 18.5 Å². The predicted octanol–water partition coefficient (Wildman–Crippen LogP) is 3.14. The van der Waals surface area contributed by atoms with Crippen molar-refractivity contribution in [3.05, 3.63) is 59.7 Å². The Morgan fingerprint density at radius 2 is 2.10 bits per heavy atom. The van der Waals surface area contributed by atoms with Crippen molar-refractivity contribution in [1.82, 2.24) is 19.7 Å². The largest absolute Gasteiger partial charge is 0.329 e. The van der Waals surface area contributed by atoms with Crippen molar-refractivity contribution in [3.8, 4) is 0 Å². The molecule has 0 aliphatic rings. The van der Waals surface area contributed by atoms with Crippen LogP contribution < -0.4 is 15.4 Å². The highest BCUT2D eigenvalue weighted by molar-refractivity contribution is 7.89. The third kappa shape index (κ3) is 4.07. The SMILES string of the molecule is [2H]c1nc(Nc2c([2H])c([2H])c(C([2H])([2H])[2H])c(S(N)(=O)=O)c2[2H])nc(N(c2c([2H])c([2H])c3c(C([2H])([2H])[2H])n(C([2H])([2H])[2H])nc3c2[2H])C([2H])([2H])[2H])c1[2H]. The van der Waals surface area contributed by atoms with E-state index in [0.717, 1.165) is 0 Å². The minimum absolute atomic E-state index is 0.0401. The second-order valence-corrected chi connectivity index (χ2v) is 7.27. The second kappa shape index (κ2) is 7.64. The summed E-state index contributed by atoms with van der Waals surface area (Å²) in [6.45, 7) is -13.5. The van der Waals surface area contributed by atoms with Crippen LogP contribution in [0.25, 0.3) is 10.9 Å². The van der Waals surface area contributed by atoms with E-state index >= 15 is 0 Å². The van der Waals surface area contributed by atoms with E-state index in [1.54, 1.807) is 0 Å². The molecule has 0 fully saturated rings. The highest BCUT2D eigenvalue weighted by Gasteiger charge is 2.14. The molecule has 31 heavy (non-hydrogen) atoms. The van der Waals surface area contributed by atoms with Crippen molar-refractivity contribution in [2.45, 2.75) is 18.6 Å². The average Bonchev–Trinajstić information content (AvgIpc) is 3.37. The normalized spacial score (nSPS) is 22.6. The molecule has 0 saturated carbocycles. The van der Waals surface area contributed by atoms with Crippen LogP contribution in [-0.4, -0.2) is 35.1 Å². The first-order valence-electron chi connectivity index (χ1n) is 18.0. The van der Waals surface area contributed by atoms with Crippen molar-refractivity contribution in [1.29, 1.82) is 0 Å². The Hall–Kier alpha value is -3.50. The number of nitrogens with one attached hydrogen (secondary N) is 1. The van der Waals surface area contributed by atoms with Crippen molar-refractivity contribution in [2.75, 3.05) is 17.2 Å². The van der Waals surface area contributed by atoms with Crippen molar-refractivity contribution in [3.63, 3.8) is 0 Å². The van der Waals surface area contributed by atoms with Gasteiger partial charge < -0.3 is 10.2 Å². The van der Waals surface area contributed by atoms with E-state index in [2.05, 4.69) is 20.4 Å². The number of benzene rings is 2. The zero-order chi connectivity index (χ0) is 39.3. The molecule has 0 saturated heterocycles. The van der Waals surface area contributed by atoms with Crippen molar-refractivity contribution in [2.24, 2.45) is 12.1 Å². The monoisotopic (exact) mass is 457 g/mol. The lowest BCUT2D eigenvalue weighted by molar-refractivity contribution is 0.597. The Morgan fingerprint density at radius 3 is 2.84 bits per heavy atom. The van der Waals surface area contributed by atoms with Gasteiger partial charge in [-0.2, -0.15) is 10.1 Å². The van der Waals surface area contributed by atoms with Crippen LogP contribution in [-0.2, 0) is 17.0 Å². The molecule has 3 N–H and O–H groups in total. The van der Waals surface area contributed by atoms with Gasteiger partial charge in [0.05, 0.1) is 21.4 Å². The molecule has 9 nitrogen and oxygen atoms in total. The molecule has 0 spiro atoms. The fourth-order valence-corrected chi connectivity index (χ4v) is 2.91. The standard InChI is InChI=1S/C21H23N7O2S/c1-13-5-6-15(11-19(13)31(22,29)30)24-21-23-10-9-20(25-21)27(3)16-7-8-17-14(2)28(4)26-18(17)12-16/h5-12H,1-4H3,(H2,22,29,30)(H,23,24,25)/i1D3,2D3,3D3,4D3,5D,6D,7D,8D,9D,10D,11D,12D. The topological polar surface area (TPSA) is 119 Å². The number of primary sulfonamides is 1. The molecule has 0 amide bonds. The van der Waals surface area contributed by atoms with Gasteiger partial charge in [-0.3, -0.25) is 4.68 Å². The van der Waals surface area contributed by atoms with Crippen LogP contribution in [0.3, 0.4) is 0 Å². The molecule has 4 rings (SSSR count). The molecule has 160 valence electrons. The van der Waals surface area contributed by atoms with Gasteiger partial charge in [0.1, 0.15) is 5.82 Å². The predicted molar refractivity (Wildman–Crippen MR) is 121 cm³/mol. The Morgan fingerprint density at radius 1 is 1.19 bits per heavy atom. The minimum Gasteiger partial charge on any atom is -0.329 e. The van der Waals surface area contributed by atoms with E-state index in [4.69, 9.17) is 32.6 Å². The maximum absolute atomic E-state index is 12.4. The number of fused-ring (bicyclic) bond motifs is 1. The first-order valence-corrected chi connectivity index (χ1v) is 9.51. The average molecular weight is 458 g/mol. The number of rotatable bonds is 5. The van der Waals surface area contributed by atoms with Crippen LogP contribution in [0, 0.1) is 13.7 Å². The van der Waals surface area contributed by atoms with Gasteiger partial charge in [0.15, 0.2) is 0 Å². The lowest BCUT2D eigenvalue weighted by Gasteiger charge is -2.19. The van der Waals surface area contributed by atoms with Gasteiger partial charge in [-0.15, -0.1) is 0 Å². The summed E-state index contributed by atoms with van der Waals surface area (Å²) in [5.41, 5.74) is -5.16. The summed E-state index contributed by atoms with van der Waals surface area (Å²) in [6, 6.07) is -8.02. The van der Waals surface area contributed by atoms with Crippen LogP contribution in [0.15, 0.2) is 53.4 Å². The zero-order valence-corrected chi connectivity index (χ0v) is 15.9. The molecule has 0 radical (unpaired) electrons. The fourth-order valence-electron chi connectivity index (χ4n) is 2.33. The van der Waals surface area contributed by atoms with Gasteiger partial charge in [0.2, 0.25) is 16.0 Å². The van der Waals surface area contributed by atoms with Gasteiger partial charge in [0, 0.05) is 59.0 Å². The lowest BCUT2D eigenvalue weighted by atomic mass is 10.2. The third-order valence-corrected chi connectivity index (χ3v) is 4.58. The molecule has 2 aromatic carbocycles. The van der Waals surface area contributed by atoms with Crippen molar-refractivity contribution < 1.29 is 35.8 Å². The van der Waals surface area contributed by atoms with Crippen LogP contribution in [0.2, 0.25) is 0 Å². The van der Waals surface area contributed by atoms with E-state index in [1.807, 2.05) is 0 Å². The first kappa shape index (κ1) is 7.57. The lowest BCUT2D eigenvalue weighted by Crippen LogP contribution is -2.14. The van der Waals surface area contributed by atoms with E-state index in [9.17, 15) is 8.42 Å². The third-order valence-electron chi connectivity index (χ3n) is 3.70. The molecule has 4 aromatic rings. The van der Waals surface area contributed by atoms with E-state index in [0.29, 0.717) is 0 Å². The van der Waals surface area contributed by atoms with Crippen LogP contribution in [0.4, 0.5) is 23.1 Å². The number of nitrogens with zero attached hydrogens (tertiary/aromatic N) is 5. The summed E-state index contributed by atoms with van der Waals surface area (Å²) >= 11 is 0. The number of hydrogen-bond acceptors (Lipinski definition) is 7. The number of anilines is 4. The highest BCUT2D eigenvalue weighted by Crippen LogP contribution is 2.28. The van der Waals surface area contributed by atoms with Crippen LogP contribution in [0.5, 0.6) is 0 Å². The summed E-state index contributed by atoms with van der Waals surface area (Å²) < 4.78 is 186. The molecule has 0 bridgehead atoms. The summed E-state index contributed by atoms with van der Waals surface area (Å²) in [5, 5.41) is 10.2.